The van der Waals surface area contributed by atoms with Crippen LogP contribution < -0.4 is 0 Å². The minimum atomic E-state index is -0.147. The third-order valence-corrected chi connectivity index (χ3v) is 6.91. The van der Waals surface area contributed by atoms with Gasteiger partial charge in [0.15, 0.2) is 0 Å². The van der Waals surface area contributed by atoms with Crippen molar-refractivity contribution >= 4 is 10.9 Å². The molecule has 106 valence electrons. The fourth-order valence-corrected chi connectivity index (χ4v) is 5.38. The van der Waals surface area contributed by atoms with Gasteiger partial charge < -0.3 is 0 Å². The quantitative estimate of drug-likeness (QED) is 0.700. The van der Waals surface area contributed by atoms with Crippen molar-refractivity contribution in [2.24, 2.45) is 0 Å². The van der Waals surface area contributed by atoms with Crippen LogP contribution in [0.2, 0.25) is 0 Å². The van der Waals surface area contributed by atoms with Crippen LogP contribution in [-0.4, -0.2) is 5.25 Å². The van der Waals surface area contributed by atoms with Gasteiger partial charge >= 0.3 is 0 Å². The monoisotopic (exact) mass is 284 g/mol. The largest absolute Gasteiger partial charge is 0.197 e. The van der Waals surface area contributed by atoms with E-state index in [1.165, 1.54) is 23.3 Å². The highest BCUT2D eigenvalue weighted by Crippen LogP contribution is 2.57. The lowest BCUT2D eigenvalue weighted by molar-refractivity contribution is 0.589. The van der Waals surface area contributed by atoms with E-state index in [-0.39, 0.29) is 16.3 Å². The number of benzene rings is 2. The predicted octanol–water partition coefficient (Wildman–Crippen LogP) is 5.57. The van der Waals surface area contributed by atoms with Crippen LogP contribution in [0.15, 0.2) is 64.4 Å². The van der Waals surface area contributed by atoms with Gasteiger partial charge in [0.2, 0.25) is 0 Å². The fraction of sp³-hybridized carbons (Fsp3) is 0.368. The van der Waals surface area contributed by atoms with Crippen LogP contribution in [0.4, 0.5) is 0 Å². The van der Waals surface area contributed by atoms with E-state index in [4.69, 9.17) is 0 Å². The smallest absolute Gasteiger partial charge is 0.00587 e. The van der Waals surface area contributed by atoms with Crippen molar-refractivity contribution in [2.75, 3.05) is 0 Å². The second-order valence-electron chi connectivity index (χ2n) is 6.73. The van der Waals surface area contributed by atoms with Gasteiger partial charge in [0.25, 0.3) is 0 Å². The van der Waals surface area contributed by atoms with Crippen LogP contribution >= 0.6 is 10.9 Å². The van der Waals surface area contributed by atoms with Gasteiger partial charge in [0, 0.05) is 0 Å². The first kappa shape index (κ1) is 13.8. The standard InChI is InChI=1S/C19H24S/c1-19(2,3)15-9-11-17(12-10-15)20(18-13-14-18)16-7-5-4-6-8-16/h4-12,18,20H,13-14H2,1-3H3. The number of hydrogen-bond donors (Lipinski definition) is 1. The molecule has 0 bridgehead atoms. The van der Waals surface area contributed by atoms with Gasteiger partial charge in [0.1, 0.15) is 0 Å². The average molecular weight is 284 g/mol. The molecule has 2 aromatic rings. The first-order valence-electron chi connectivity index (χ1n) is 7.50. The van der Waals surface area contributed by atoms with Crippen LogP contribution in [0, 0.1) is 0 Å². The van der Waals surface area contributed by atoms with Crippen molar-refractivity contribution in [3.8, 4) is 0 Å². The lowest BCUT2D eigenvalue weighted by atomic mass is 9.87. The second-order valence-corrected chi connectivity index (χ2v) is 9.24. The van der Waals surface area contributed by atoms with Crippen molar-refractivity contribution in [1.29, 1.82) is 0 Å². The molecular formula is C19H24S. The highest BCUT2D eigenvalue weighted by molar-refractivity contribution is 8.17. The molecule has 0 radical (unpaired) electrons. The maximum absolute atomic E-state index is 2.37. The molecule has 1 atom stereocenters. The molecule has 1 unspecified atom stereocenters. The summed E-state index contributed by atoms with van der Waals surface area (Å²) in [6.45, 7) is 6.84. The Morgan fingerprint density at radius 1 is 0.800 bits per heavy atom. The molecule has 0 aromatic heterocycles. The van der Waals surface area contributed by atoms with E-state index in [1.54, 1.807) is 4.90 Å². The summed E-state index contributed by atoms with van der Waals surface area (Å²) < 4.78 is 0. The molecule has 1 heteroatoms. The minimum Gasteiger partial charge on any atom is -0.197 e. The molecule has 0 spiro atoms. The van der Waals surface area contributed by atoms with Gasteiger partial charge in [-0.2, -0.15) is 10.9 Å². The lowest BCUT2D eigenvalue weighted by Gasteiger charge is -2.24. The number of hydrogen-bond acceptors (Lipinski definition) is 0. The second kappa shape index (κ2) is 5.29. The Kier molecular flexibility index (Phi) is 3.64. The maximum Gasteiger partial charge on any atom is -0.00587 e. The molecule has 0 heterocycles. The summed E-state index contributed by atoms with van der Waals surface area (Å²) in [4.78, 5) is 3.08. The molecule has 20 heavy (non-hydrogen) atoms. The van der Waals surface area contributed by atoms with Gasteiger partial charge in [-0.25, -0.2) is 0 Å². The van der Waals surface area contributed by atoms with Gasteiger partial charge in [-0.3, -0.25) is 0 Å². The predicted molar refractivity (Wildman–Crippen MR) is 90.1 cm³/mol. The van der Waals surface area contributed by atoms with E-state index >= 15 is 0 Å². The molecule has 0 aliphatic heterocycles. The van der Waals surface area contributed by atoms with Crippen LogP contribution in [0.3, 0.4) is 0 Å². The third kappa shape index (κ3) is 2.93. The van der Waals surface area contributed by atoms with E-state index in [2.05, 4.69) is 75.4 Å². The molecule has 0 amide bonds. The summed E-state index contributed by atoms with van der Waals surface area (Å²) in [6, 6.07) is 20.5. The van der Waals surface area contributed by atoms with Gasteiger partial charge in [-0.1, -0.05) is 51.1 Å². The first-order valence-corrected chi connectivity index (χ1v) is 8.91. The summed E-state index contributed by atoms with van der Waals surface area (Å²) >= 11 is 0. The Labute approximate surface area is 125 Å². The first-order chi connectivity index (χ1) is 9.55. The Morgan fingerprint density at radius 2 is 1.35 bits per heavy atom. The molecular weight excluding hydrogens is 260 g/mol. The molecule has 2 aromatic carbocycles. The highest BCUT2D eigenvalue weighted by Gasteiger charge is 2.30. The third-order valence-electron chi connectivity index (χ3n) is 3.96. The topological polar surface area (TPSA) is 0 Å². The van der Waals surface area contributed by atoms with Gasteiger partial charge in [0.05, 0.1) is 0 Å². The Hall–Kier alpha value is -1.21. The molecule has 0 N–H and O–H groups in total. The van der Waals surface area contributed by atoms with Crippen molar-refractivity contribution in [1.82, 2.24) is 0 Å². The molecule has 1 aliphatic rings. The van der Waals surface area contributed by atoms with Crippen LogP contribution in [0.1, 0.15) is 39.2 Å². The molecule has 0 saturated heterocycles. The van der Waals surface area contributed by atoms with Gasteiger partial charge in [-0.05, 0) is 63.1 Å². The zero-order chi connectivity index (χ0) is 14.2. The molecule has 3 rings (SSSR count). The van der Waals surface area contributed by atoms with Crippen molar-refractivity contribution in [2.45, 2.75) is 54.1 Å². The van der Waals surface area contributed by atoms with Gasteiger partial charge in [-0.15, -0.1) is 0 Å². The van der Waals surface area contributed by atoms with E-state index in [9.17, 15) is 0 Å². The van der Waals surface area contributed by atoms with E-state index in [1.807, 2.05) is 0 Å². The highest BCUT2D eigenvalue weighted by atomic mass is 32.2. The fourth-order valence-electron chi connectivity index (χ4n) is 2.61. The summed E-state index contributed by atoms with van der Waals surface area (Å²) in [6.07, 6.45) is 2.81. The van der Waals surface area contributed by atoms with Crippen LogP contribution in [-0.2, 0) is 5.41 Å². The summed E-state index contributed by atoms with van der Waals surface area (Å²) in [5.74, 6) is 0. The van der Waals surface area contributed by atoms with Crippen molar-refractivity contribution in [3.63, 3.8) is 0 Å². The van der Waals surface area contributed by atoms with E-state index in [0.717, 1.165) is 5.25 Å². The van der Waals surface area contributed by atoms with Crippen LogP contribution in [0.25, 0.3) is 0 Å². The summed E-state index contributed by atoms with van der Waals surface area (Å²) in [7, 11) is -0.147. The average Bonchev–Trinajstić information content (AvgIpc) is 3.25. The Balaban J connectivity index is 1.93. The van der Waals surface area contributed by atoms with Crippen molar-refractivity contribution in [3.05, 3.63) is 60.2 Å². The molecule has 0 nitrogen and oxygen atoms in total. The molecule has 1 saturated carbocycles. The molecule has 1 aliphatic carbocycles. The maximum atomic E-state index is 2.37. The SMILES string of the molecule is CC(C)(C)c1ccc([SH](c2ccccc2)C2CC2)cc1. The summed E-state index contributed by atoms with van der Waals surface area (Å²) in [5.41, 5.74) is 1.67. The lowest BCUT2D eigenvalue weighted by Crippen LogP contribution is -2.10. The number of rotatable bonds is 3. The normalized spacial score (nSPS) is 17.9. The summed E-state index contributed by atoms with van der Waals surface area (Å²) in [5, 5.41) is 0.910. The Morgan fingerprint density at radius 3 is 1.85 bits per heavy atom. The van der Waals surface area contributed by atoms with E-state index < -0.39 is 0 Å². The zero-order valence-electron chi connectivity index (χ0n) is 12.6. The zero-order valence-corrected chi connectivity index (χ0v) is 13.5. The molecule has 1 fully saturated rings. The van der Waals surface area contributed by atoms with Crippen LogP contribution in [0.5, 0.6) is 0 Å². The van der Waals surface area contributed by atoms with E-state index in [0.29, 0.717) is 0 Å². The minimum absolute atomic E-state index is 0.147. The van der Waals surface area contributed by atoms with Crippen molar-refractivity contribution < 1.29 is 0 Å². The number of thiol groups is 1. The Bertz CT molecular complexity index is 559.